The molecule has 1 unspecified atom stereocenters. The molecule has 21 heavy (non-hydrogen) atoms. The van der Waals surface area contributed by atoms with E-state index in [1.54, 1.807) is 7.11 Å². The fourth-order valence-electron chi connectivity index (χ4n) is 2.45. The fraction of sp³-hybridized carbons (Fsp3) is 0.562. The van der Waals surface area contributed by atoms with Crippen molar-refractivity contribution in [3.8, 4) is 5.75 Å². The molecule has 116 valence electrons. The average Bonchev–Trinajstić information content (AvgIpc) is 2.56. The van der Waals surface area contributed by atoms with Crippen LogP contribution in [0.3, 0.4) is 0 Å². The topological polar surface area (TPSA) is 36.9 Å². The van der Waals surface area contributed by atoms with E-state index in [-0.39, 0.29) is 0 Å². The lowest BCUT2D eigenvalue weighted by atomic mass is 10.2. The Morgan fingerprint density at radius 3 is 3.10 bits per heavy atom. The molecule has 0 aromatic heterocycles. The minimum Gasteiger partial charge on any atom is -0.497 e. The Kier molecular flexibility index (Phi) is 6.23. The number of thioether (sulfide) groups is 1. The van der Waals surface area contributed by atoms with Crippen LogP contribution >= 0.6 is 11.8 Å². The molecule has 5 heteroatoms. The molecule has 0 spiro atoms. The van der Waals surface area contributed by atoms with Crippen molar-refractivity contribution >= 4 is 17.7 Å². The van der Waals surface area contributed by atoms with Crippen LogP contribution in [0.4, 0.5) is 0 Å². The highest BCUT2D eigenvalue weighted by Crippen LogP contribution is 2.21. The molecule has 1 aliphatic heterocycles. The van der Waals surface area contributed by atoms with Crippen LogP contribution in [0.25, 0.3) is 0 Å². The first-order chi connectivity index (χ1) is 10.3. The molecular weight excluding hydrogens is 282 g/mol. The Bertz CT molecular complexity index is 478. The third-order valence-corrected chi connectivity index (χ3v) is 5.06. The van der Waals surface area contributed by atoms with Gasteiger partial charge in [0, 0.05) is 37.7 Å². The lowest BCUT2D eigenvalue weighted by Gasteiger charge is -2.34. The van der Waals surface area contributed by atoms with Crippen LogP contribution in [0.15, 0.2) is 29.3 Å². The van der Waals surface area contributed by atoms with Crippen molar-refractivity contribution < 1.29 is 4.74 Å². The van der Waals surface area contributed by atoms with E-state index in [0.717, 1.165) is 31.3 Å². The highest BCUT2D eigenvalue weighted by Gasteiger charge is 2.21. The second kappa shape index (κ2) is 8.17. The fourth-order valence-corrected chi connectivity index (χ4v) is 3.63. The SMILES string of the molecule is CCC1CN(C(=NC)NCc2cccc(OC)c2)CCS1. The van der Waals surface area contributed by atoms with Gasteiger partial charge in [0.25, 0.3) is 0 Å². The lowest BCUT2D eigenvalue weighted by Crippen LogP contribution is -2.47. The number of nitrogens with one attached hydrogen (secondary N) is 1. The van der Waals surface area contributed by atoms with Gasteiger partial charge in [-0.1, -0.05) is 19.1 Å². The molecule has 2 rings (SSSR count). The van der Waals surface area contributed by atoms with Crippen molar-refractivity contribution in [3.63, 3.8) is 0 Å². The van der Waals surface area contributed by atoms with Gasteiger partial charge in [0.2, 0.25) is 0 Å². The monoisotopic (exact) mass is 307 g/mol. The molecule has 1 saturated heterocycles. The molecule has 0 amide bonds. The van der Waals surface area contributed by atoms with E-state index in [1.807, 2.05) is 19.2 Å². The van der Waals surface area contributed by atoms with Gasteiger partial charge in [0.05, 0.1) is 7.11 Å². The zero-order chi connectivity index (χ0) is 15.1. The maximum atomic E-state index is 5.26. The molecule has 0 radical (unpaired) electrons. The van der Waals surface area contributed by atoms with Gasteiger partial charge in [-0.15, -0.1) is 0 Å². The first-order valence-electron chi connectivity index (χ1n) is 7.47. The summed E-state index contributed by atoms with van der Waals surface area (Å²) < 4.78 is 5.26. The maximum absolute atomic E-state index is 5.26. The lowest BCUT2D eigenvalue weighted by molar-refractivity contribution is 0.407. The number of ether oxygens (including phenoxy) is 1. The van der Waals surface area contributed by atoms with Crippen LogP contribution in [0.1, 0.15) is 18.9 Å². The van der Waals surface area contributed by atoms with Crippen molar-refractivity contribution in [1.82, 2.24) is 10.2 Å². The summed E-state index contributed by atoms with van der Waals surface area (Å²) in [6, 6.07) is 8.14. The predicted octanol–water partition coefficient (Wildman–Crippen LogP) is 2.60. The van der Waals surface area contributed by atoms with Crippen molar-refractivity contribution in [2.24, 2.45) is 4.99 Å². The van der Waals surface area contributed by atoms with E-state index in [9.17, 15) is 0 Å². The number of aliphatic imine (C=N–C) groups is 1. The molecule has 0 aliphatic carbocycles. The third kappa shape index (κ3) is 4.56. The van der Waals surface area contributed by atoms with Crippen molar-refractivity contribution in [3.05, 3.63) is 29.8 Å². The number of hydrogen-bond donors (Lipinski definition) is 1. The van der Waals surface area contributed by atoms with Gasteiger partial charge in [-0.2, -0.15) is 11.8 Å². The Balaban J connectivity index is 1.93. The summed E-state index contributed by atoms with van der Waals surface area (Å²) in [4.78, 5) is 6.79. The van der Waals surface area contributed by atoms with Crippen molar-refractivity contribution in [2.45, 2.75) is 25.1 Å². The van der Waals surface area contributed by atoms with Gasteiger partial charge in [-0.3, -0.25) is 4.99 Å². The molecule has 1 aliphatic rings. The summed E-state index contributed by atoms with van der Waals surface area (Å²) >= 11 is 2.07. The Morgan fingerprint density at radius 1 is 1.52 bits per heavy atom. The van der Waals surface area contributed by atoms with Crippen LogP contribution in [0.2, 0.25) is 0 Å². The highest BCUT2D eigenvalue weighted by atomic mass is 32.2. The zero-order valence-corrected chi connectivity index (χ0v) is 13.9. The van der Waals surface area contributed by atoms with Gasteiger partial charge in [0.1, 0.15) is 5.75 Å². The van der Waals surface area contributed by atoms with E-state index in [4.69, 9.17) is 4.74 Å². The summed E-state index contributed by atoms with van der Waals surface area (Å²) in [5.74, 6) is 3.07. The minimum absolute atomic E-state index is 0.717. The summed E-state index contributed by atoms with van der Waals surface area (Å²) in [5.41, 5.74) is 1.20. The minimum atomic E-state index is 0.717. The van der Waals surface area contributed by atoms with Gasteiger partial charge in [-0.05, 0) is 24.1 Å². The summed E-state index contributed by atoms with van der Waals surface area (Å²) in [7, 11) is 3.55. The predicted molar refractivity (Wildman–Crippen MR) is 91.3 cm³/mol. The first-order valence-corrected chi connectivity index (χ1v) is 8.51. The third-order valence-electron chi connectivity index (χ3n) is 3.69. The van der Waals surface area contributed by atoms with Gasteiger partial charge >= 0.3 is 0 Å². The summed E-state index contributed by atoms with van der Waals surface area (Å²) in [5, 5.41) is 4.18. The first kappa shape index (κ1) is 16.0. The van der Waals surface area contributed by atoms with Gasteiger partial charge < -0.3 is 15.0 Å². The number of rotatable bonds is 4. The van der Waals surface area contributed by atoms with E-state index in [0.29, 0.717) is 5.25 Å². The normalized spacial score (nSPS) is 19.5. The van der Waals surface area contributed by atoms with Crippen molar-refractivity contribution in [2.75, 3.05) is 33.0 Å². The Hall–Kier alpha value is -1.36. The van der Waals surface area contributed by atoms with Crippen LogP contribution in [0.5, 0.6) is 5.75 Å². The quantitative estimate of drug-likeness (QED) is 0.685. The van der Waals surface area contributed by atoms with Crippen molar-refractivity contribution in [1.29, 1.82) is 0 Å². The molecule has 1 fully saturated rings. The second-order valence-electron chi connectivity index (χ2n) is 5.10. The highest BCUT2D eigenvalue weighted by molar-refractivity contribution is 8.00. The van der Waals surface area contributed by atoms with Gasteiger partial charge in [0.15, 0.2) is 5.96 Å². The molecule has 1 heterocycles. The van der Waals surface area contributed by atoms with Crippen LogP contribution in [0, 0.1) is 0 Å². The number of guanidine groups is 1. The smallest absolute Gasteiger partial charge is 0.193 e. The molecule has 1 N–H and O–H groups in total. The second-order valence-corrected chi connectivity index (χ2v) is 6.51. The summed E-state index contributed by atoms with van der Waals surface area (Å²) in [6.07, 6.45) is 1.22. The Morgan fingerprint density at radius 2 is 2.38 bits per heavy atom. The number of methoxy groups -OCH3 is 1. The Labute approximate surface area is 132 Å². The van der Waals surface area contributed by atoms with E-state index < -0.39 is 0 Å². The molecule has 4 nitrogen and oxygen atoms in total. The van der Waals surface area contributed by atoms with E-state index >= 15 is 0 Å². The maximum Gasteiger partial charge on any atom is 0.193 e. The van der Waals surface area contributed by atoms with Crippen LogP contribution < -0.4 is 10.1 Å². The van der Waals surface area contributed by atoms with Crippen LogP contribution in [-0.2, 0) is 6.54 Å². The molecule has 1 atom stereocenters. The van der Waals surface area contributed by atoms with Crippen LogP contribution in [-0.4, -0.2) is 49.1 Å². The van der Waals surface area contributed by atoms with Gasteiger partial charge in [-0.25, -0.2) is 0 Å². The van der Waals surface area contributed by atoms with E-state index in [2.05, 4.69) is 46.0 Å². The molecular formula is C16H25N3OS. The average molecular weight is 307 g/mol. The molecule has 0 bridgehead atoms. The molecule has 1 aromatic carbocycles. The molecule has 1 aromatic rings. The molecule has 0 saturated carbocycles. The van der Waals surface area contributed by atoms with E-state index in [1.165, 1.54) is 17.7 Å². The number of benzene rings is 1. The summed E-state index contributed by atoms with van der Waals surface area (Å²) in [6.45, 7) is 5.18. The zero-order valence-electron chi connectivity index (χ0n) is 13.1. The number of hydrogen-bond acceptors (Lipinski definition) is 3. The standard InChI is InChI=1S/C16H25N3OS/c1-4-15-12-19(8-9-21-15)16(17-2)18-11-13-6-5-7-14(10-13)20-3/h5-7,10,15H,4,8-9,11-12H2,1-3H3,(H,17,18). The largest absolute Gasteiger partial charge is 0.497 e. The number of nitrogens with zero attached hydrogens (tertiary/aromatic N) is 2.